The summed E-state index contributed by atoms with van der Waals surface area (Å²) in [6.45, 7) is 10.9. The summed E-state index contributed by atoms with van der Waals surface area (Å²) in [5, 5.41) is 0. The minimum atomic E-state index is 0.600. The number of piperazine rings is 1. The van der Waals surface area contributed by atoms with Crippen LogP contribution in [0.25, 0.3) is 0 Å². The van der Waals surface area contributed by atoms with Crippen molar-refractivity contribution in [2.75, 3.05) is 51.3 Å². The maximum Gasteiger partial charge on any atom is 0.0589 e. The maximum atomic E-state index is 5.14. The lowest BCUT2D eigenvalue weighted by atomic mass is 10.0. The normalized spacial score (nSPS) is 17.2. The Morgan fingerprint density at radius 2 is 1.89 bits per heavy atom. The topological polar surface area (TPSA) is 15.7 Å². The van der Waals surface area contributed by atoms with Crippen molar-refractivity contribution >= 4 is 5.69 Å². The van der Waals surface area contributed by atoms with Crippen LogP contribution in [0.2, 0.25) is 0 Å². The number of hydrogen-bond acceptors (Lipinski definition) is 3. The molecule has 0 bridgehead atoms. The van der Waals surface area contributed by atoms with Gasteiger partial charge in [-0.05, 0) is 23.6 Å². The van der Waals surface area contributed by atoms with Crippen LogP contribution in [0.15, 0.2) is 24.3 Å². The minimum Gasteiger partial charge on any atom is -0.383 e. The van der Waals surface area contributed by atoms with Crippen molar-refractivity contribution in [2.45, 2.75) is 19.8 Å². The first-order valence-corrected chi connectivity index (χ1v) is 7.27. The van der Waals surface area contributed by atoms with E-state index in [-0.39, 0.29) is 0 Å². The first-order valence-electron chi connectivity index (χ1n) is 7.27. The van der Waals surface area contributed by atoms with E-state index in [0.29, 0.717) is 5.92 Å². The molecule has 0 N–H and O–H groups in total. The lowest BCUT2D eigenvalue weighted by Gasteiger charge is -2.36. The smallest absolute Gasteiger partial charge is 0.0589 e. The molecule has 0 aliphatic carbocycles. The predicted molar refractivity (Wildman–Crippen MR) is 81.1 cm³/mol. The fraction of sp³-hybridized carbons (Fsp3) is 0.625. The third kappa shape index (κ3) is 3.95. The Morgan fingerprint density at radius 3 is 2.53 bits per heavy atom. The quantitative estimate of drug-likeness (QED) is 0.811. The van der Waals surface area contributed by atoms with Crippen LogP contribution in [0.5, 0.6) is 0 Å². The molecule has 1 aliphatic heterocycles. The van der Waals surface area contributed by atoms with E-state index < -0.39 is 0 Å². The first kappa shape index (κ1) is 14.4. The molecule has 0 amide bonds. The highest BCUT2D eigenvalue weighted by Gasteiger charge is 2.17. The van der Waals surface area contributed by atoms with Crippen molar-refractivity contribution in [1.29, 1.82) is 0 Å². The number of ether oxygens (including phenoxy) is 1. The molecule has 0 aromatic heterocycles. The zero-order valence-electron chi connectivity index (χ0n) is 12.4. The Kier molecular flexibility index (Phi) is 5.23. The third-order valence-corrected chi connectivity index (χ3v) is 3.89. The molecule has 1 aromatic rings. The summed E-state index contributed by atoms with van der Waals surface area (Å²) in [6.07, 6.45) is 0. The largest absolute Gasteiger partial charge is 0.383 e. The highest BCUT2D eigenvalue weighted by atomic mass is 16.5. The van der Waals surface area contributed by atoms with Crippen LogP contribution in [0, 0.1) is 0 Å². The van der Waals surface area contributed by atoms with Crippen LogP contribution in [0.1, 0.15) is 25.3 Å². The molecule has 1 aromatic carbocycles. The monoisotopic (exact) mass is 262 g/mol. The van der Waals surface area contributed by atoms with Crippen molar-refractivity contribution in [3.05, 3.63) is 29.8 Å². The second-order valence-corrected chi connectivity index (χ2v) is 5.57. The average molecular weight is 262 g/mol. The summed E-state index contributed by atoms with van der Waals surface area (Å²) in [5.41, 5.74) is 2.80. The molecule has 1 heterocycles. The molecule has 0 saturated carbocycles. The number of anilines is 1. The van der Waals surface area contributed by atoms with E-state index in [2.05, 4.69) is 47.9 Å². The lowest BCUT2D eigenvalue weighted by Crippen LogP contribution is -2.47. The Bertz CT molecular complexity index is 384. The van der Waals surface area contributed by atoms with Crippen molar-refractivity contribution in [2.24, 2.45) is 0 Å². The van der Waals surface area contributed by atoms with Gasteiger partial charge >= 0.3 is 0 Å². The van der Waals surface area contributed by atoms with Crippen LogP contribution < -0.4 is 4.90 Å². The molecule has 1 fully saturated rings. The summed E-state index contributed by atoms with van der Waals surface area (Å²) in [7, 11) is 1.77. The fourth-order valence-electron chi connectivity index (χ4n) is 2.53. The fourth-order valence-corrected chi connectivity index (χ4v) is 2.53. The molecule has 0 spiro atoms. The van der Waals surface area contributed by atoms with Gasteiger partial charge in [-0.3, -0.25) is 4.90 Å². The van der Waals surface area contributed by atoms with E-state index >= 15 is 0 Å². The van der Waals surface area contributed by atoms with Gasteiger partial charge in [-0.2, -0.15) is 0 Å². The van der Waals surface area contributed by atoms with Gasteiger partial charge in [0.15, 0.2) is 0 Å². The summed E-state index contributed by atoms with van der Waals surface area (Å²) >= 11 is 0. The molecule has 0 atom stereocenters. The van der Waals surface area contributed by atoms with Gasteiger partial charge in [-0.25, -0.2) is 0 Å². The minimum absolute atomic E-state index is 0.600. The Morgan fingerprint density at radius 1 is 1.16 bits per heavy atom. The third-order valence-electron chi connectivity index (χ3n) is 3.89. The van der Waals surface area contributed by atoms with Gasteiger partial charge in [0.2, 0.25) is 0 Å². The van der Waals surface area contributed by atoms with E-state index in [1.807, 2.05) is 0 Å². The second-order valence-electron chi connectivity index (χ2n) is 5.57. The Labute approximate surface area is 117 Å². The standard InChI is InChI=1S/C16H26N2O/c1-14(2)15-5-4-6-16(13-15)18-9-7-17(8-10-18)11-12-19-3/h4-6,13-14H,7-12H2,1-3H3. The number of rotatable bonds is 5. The maximum absolute atomic E-state index is 5.14. The molecule has 0 unspecified atom stereocenters. The first-order chi connectivity index (χ1) is 9.20. The molecule has 0 radical (unpaired) electrons. The number of methoxy groups -OCH3 is 1. The molecule has 3 heteroatoms. The van der Waals surface area contributed by atoms with Gasteiger partial charge in [0.1, 0.15) is 0 Å². The molecular weight excluding hydrogens is 236 g/mol. The molecule has 1 saturated heterocycles. The summed E-state index contributed by atoms with van der Waals surface area (Å²) < 4.78 is 5.14. The number of hydrogen-bond donors (Lipinski definition) is 0. The van der Waals surface area contributed by atoms with Crippen LogP contribution >= 0.6 is 0 Å². The van der Waals surface area contributed by atoms with Crippen molar-refractivity contribution in [3.8, 4) is 0 Å². The van der Waals surface area contributed by atoms with E-state index in [9.17, 15) is 0 Å². The van der Waals surface area contributed by atoms with Crippen LogP contribution in [0.4, 0.5) is 5.69 Å². The van der Waals surface area contributed by atoms with E-state index in [0.717, 1.165) is 39.3 Å². The molecular formula is C16H26N2O. The summed E-state index contributed by atoms with van der Waals surface area (Å²) in [6, 6.07) is 8.98. The average Bonchev–Trinajstić information content (AvgIpc) is 2.46. The molecule has 3 nitrogen and oxygen atoms in total. The molecule has 1 aliphatic rings. The van der Waals surface area contributed by atoms with Gasteiger partial charge in [-0.1, -0.05) is 26.0 Å². The highest BCUT2D eigenvalue weighted by molar-refractivity contribution is 5.49. The summed E-state index contributed by atoms with van der Waals surface area (Å²) in [4.78, 5) is 4.97. The SMILES string of the molecule is COCCN1CCN(c2cccc(C(C)C)c2)CC1. The van der Waals surface area contributed by atoms with Gasteiger partial charge in [0.25, 0.3) is 0 Å². The van der Waals surface area contributed by atoms with Crippen LogP contribution in [0.3, 0.4) is 0 Å². The van der Waals surface area contributed by atoms with Gasteiger partial charge in [-0.15, -0.1) is 0 Å². The highest BCUT2D eigenvalue weighted by Crippen LogP contribution is 2.22. The van der Waals surface area contributed by atoms with Crippen molar-refractivity contribution in [3.63, 3.8) is 0 Å². The van der Waals surface area contributed by atoms with E-state index in [1.165, 1.54) is 11.3 Å². The zero-order valence-corrected chi connectivity index (χ0v) is 12.4. The Hall–Kier alpha value is -1.06. The van der Waals surface area contributed by atoms with Gasteiger partial charge in [0, 0.05) is 45.5 Å². The molecule has 106 valence electrons. The van der Waals surface area contributed by atoms with Crippen LogP contribution in [-0.4, -0.2) is 51.3 Å². The van der Waals surface area contributed by atoms with Gasteiger partial charge < -0.3 is 9.64 Å². The molecule has 19 heavy (non-hydrogen) atoms. The van der Waals surface area contributed by atoms with E-state index in [1.54, 1.807) is 7.11 Å². The number of benzene rings is 1. The number of nitrogens with zero attached hydrogens (tertiary/aromatic N) is 2. The summed E-state index contributed by atoms with van der Waals surface area (Å²) in [5.74, 6) is 0.600. The predicted octanol–water partition coefficient (Wildman–Crippen LogP) is 2.58. The lowest BCUT2D eigenvalue weighted by molar-refractivity contribution is 0.144. The van der Waals surface area contributed by atoms with Crippen LogP contribution in [-0.2, 0) is 4.74 Å². The zero-order chi connectivity index (χ0) is 13.7. The second kappa shape index (κ2) is 6.92. The molecule has 2 rings (SSSR count). The van der Waals surface area contributed by atoms with Gasteiger partial charge in [0.05, 0.1) is 6.61 Å². The van der Waals surface area contributed by atoms with Crippen molar-refractivity contribution in [1.82, 2.24) is 4.90 Å². The van der Waals surface area contributed by atoms with E-state index in [4.69, 9.17) is 4.74 Å². The Balaban J connectivity index is 1.92. The van der Waals surface area contributed by atoms with Crippen molar-refractivity contribution < 1.29 is 4.74 Å².